The highest BCUT2D eigenvalue weighted by Crippen LogP contribution is 2.43. The fourth-order valence-corrected chi connectivity index (χ4v) is 5.07. The fraction of sp³-hybridized carbons (Fsp3) is 0.375. The summed E-state index contributed by atoms with van der Waals surface area (Å²) in [7, 11) is 0. The molecule has 3 nitrogen and oxygen atoms in total. The molecule has 0 saturated carbocycles. The lowest BCUT2D eigenvalue weighted by molar-refractivity contribution is -0.117. The molecule has 2 aromatic rings. The molecule has 1 fully saturated rings. The van der Waals surface area contributed by atoms with Crippen LogP contribution >= 0.6 is 0 Å². The molecule has 0 radical (unpaired) electrons. The topological polar surface area (TPSA) is 23.6 Å². The summed E-state index contributed by atoms with van der Waals surface area (Å²) >= 11 is 0. The zero-order valence-corrected chi connectivity index (χ0v) is 16.2. The van der Waals surface area contributed by atoms with Gasteiger partial charge in [-0.2, -0.15) is 0 Å². The Labute approximate surface area is 165 Å². The summed E-state index contributed by atoms with van der Waals surface area (Å²) in [5, 5.41) is 0. The van der Waals surface area contributed by atoms with E-state index in [2.05, 4.69) is 29.2 Å². The van der Waals surface area contributed by atoms with E-state index >= 15 is 0 Å². The van der Waals surface area contributed by atoms with Crippen LogP contribution in [0.2, 0.25) is 0 Å². The number of halogens is 1. The van der Waals surface area contributed by atoms with Crippen LogP contribution in [-0.4, -0.2) is 25.5 Å². The number of benzene rings is 2. The Bertz CT molecular complexity index is 950. The van der Waals surface area contributed by atoms with Crippen LogP contribution < -0.4 is 9.80 Å². The molecule has 2 aliphatic heterocycles. The number of anilines is 2. The zero-order valence-electron chi connectivity index (χ0n) is 16.2. The predicted octanol–water partition coefficient (Wildman–Crippen LogP) is 4.80. The second-order valence-corrected chi connectivity index (χ2v) is 8.14. The molecule has 28 heavy (non-hydrogen) atoms. The normalized spacial score (nSPS) is 23.3. The standard InChI is InChI=1S/C24H25FN2O/c1-2-27-22-14-21(17-6-8-20(25)9-7-17)23(12-19(22)13-24(27)28)26-11-10-16-4-3-5-18(16)15-26/h3-4,6-9,12,14,16,18H,2,5,10-11,13,15H2,1H3/t16-,18-/m1/s1. The molecule has 2 atom stereocenters. The van der Waals surface area contributed by atoms with Crippen LogP contribution in [0.15, 0.2) is 48.6 Å². The summed E-state index contributed by atoms with van der Waals surface area (Å²) in [4.78, 5) is 16.8. The van der Waals surface area contributed by atoms with Gasteiger partial charge >= 0.3 is 0 Å². The van der Waals surface area contributed by atoms with Gasteiger partial charge in [0.15, 0.2) is 0 Å². The van der Waals surface area contributed by atoms with Gasteiger partial charge in [0.05, 0.1) is 6.42 Å². The summed E-state index contributed by atoms with van der Waals surface area (Å²) in [6.45, 7) is 4.74. The number of likely N-dealkylation sites (N-methyl/N-ethyl adjacent to an activating group) is 1. The fourth-order valence-electron chi connectivity index (χ4n) is 5.07. The highest BCUT2D eigenvalue weighted by Gasteiger charge is 2.33. The zero-order chi connectivity index (χ0) is 19.3. The van der Waals surface area contributed by atoms with Gasteiger partial charge < -0.3 is 9.80 Å². The molecule has 1 saturated heterocycles. The molecular formula is C24H25FN2O. The van der Waals surface area contributed by atoms with E-state index in [0.29, 0.717) is 24.8 Å². The Balaban J connectivity index is 1.60. The molecule has 1 aliphatic carbocycles. The lowest BCUT2D eigenvalue weighted by Gasteiger charge is -2.38. The van der Waals surface area contributed by atoms with Crippen LogP contribution in [0.25, 0.3) is 11.1 Å². The number of rotatable bonds is 3. The second kappa shape index (κ2) is 6.77. The Kier molecular flexibility index (Phi) is 4.22. The van der Waals surface area contributed by atoms with Crippen LogP contribution in [0.5, 0.6) is 0 Å². The Morgan fingerprint density at radius 2 is 1.96 bits per heavy atom. The molecule has 0 spiro atoms. The molecule has 5 rings (SSSR count). The van der Waals surface area contributed by atoms with Crippen molar-refractivity contribution in [2.24, 2.45) is 11.8 Å². The largest absolute Gasteiger partial charge is 0.371 e. The average Bonchev–Trinajstić information content (AvgIpc) is 3.29. The van der Waals surface area contributed by atoms with Gasteiger partial charge in [0, 0.05) is 36.6 Å². The smallest absolute Gasteiger partial charge is 0.231 e. The number of allylic oxidation sites excluding steroid dienone is 2. The first-order valence-corrected chi connectivity index (χ1v) is 10.3. The maximum Gasteiger partial charge on any atom is 0.231 e. The van der Waals surface area contributed by atoms with Crippen molar-refractivity contribution in [2.75, 3.05) is 29.4 Å². The summed E-state index contributed by atoms with van der Waals surface area (Å²) in [5.74, 6) is 1.32. The molecule has 2 heterocycles. The third-order valence-corrected chi connectivity index (χ3v) is 6.56. The minimum Gasteiger partial charge on any atom is -0.371 e. The van der Waals surface area contributed by atoms with Gasteiger partial charge in [0.1, 0.15) is 5.82 Å². The van der Waals surface area contributed by atoms with Gasteiger partial charge in [-0.15, -0.1) is 0 Å². The molecule has 2 aromatic carbocycles. The van der Waals surface area contributed by atoms with Gasteiger partial charge in [-0.3, -0.25) is 4.79 Å². The van der Waals surface area contributed by atoms with E-state index in [9.17, 15) is 9.18 Å². The minimum atomic E-state index is -0.227. The van der Waals surface area contributed by atoms with E-state index in [0.717, 1.165) is 41.9 Å². The van der Waals surface area contributed by atoms with Crippen molar-refractivity contribution in [1.29, 1.82) is 0 Å². The monoisotopic (exact) mass is 376 g/mol. The van der Waals surface area contributed by atoms with Gasteiger partial charge in [0.2, 0.25) is 5.91 Å². The Morgan fingerprint density at radius 3 is 2.75 bits per heavy atom. The van der Waals surface area contributed by atoms with E-state index in [1.165, 1.54) is 24.2 Å². The third kappa shape index (κ3) is 2.83. The quantitative estimate of drug-likeness (QED) is 0.718. The van der Waals surface area contributed by atoms with Crippen molar-refractivity contribution in [3.63, 3.8) is 0 Å². The van der Waals surface area contributed by atoms with Crippen molar-refractivity contribution in [1.82, 2.24) is 0 Å². The molecule has 144 valence electrons. The lowest BCUT2D eigenvalue weighted by Crippen LogP contribution is -2.38. The molecule has 0 bridgehead atoms. The summed E-state index contributed by atoms with van der Waals surface area (Å²) in [6.07, 6.45) is 7.49. The molecule has 4 heteroatoms. The number of piperidine rings is 1. The number of nitrogens with zero attached hydrogens (tertiary/aromatic N) is 2. The van der Waals surface area contributed by atoms with Crippen molar-refractivity contribution in [3.05, 3.63) is 59.9 Å². The molecular weight excluding hydrogens is 351 g/mol. The number of hydrogen-bond acceptors (Lipinski definition) is 2. The Hall–Kier alpha value is -2.62. The first-order chi connectivity index (χ1) is 13.6. The molecule has 3 aliphatic rings. The third-order valence-electron chi connectivity index (χ3n) is 6.56. The highest BCUT2D eigenvalue weighted by atomic mass is 19.1. The van der Waals surface area contributed by atoms with Gasteiger partial charge in [-0.05, 0) is 67.0 Å². The molecule has 0 N–H and O–H groups in total. The number of carbonyl (C=O) groups excluding carboxylic acids is 1. The number of hydrogen-bond donors (Lipinski definition) is 0. The van der Waals surface area contributed by atoms with E-state index in [1.54, 1.807) is 0 Å². The first kappa shape index (κ1) is 17.5. The van der Waals surface area contributed by atoms with Crippen LogP contribution in [-0.2, 0) is 11.2 Å². The lowest BCUT2D eigenvalue weighted by atomic mass is 9.87. The van der Waals surface area contributed by atoms with E-state index in [-0.39, 0.29) is 11.7 Å². The molecule has 0 unspecified atom stereocenters. The molecule has 0 aromatic heterocycles. The maximum absolute atomic E-state index is 13.5. The van der Waals surface area contributed by atoms with Crippen molar-refractivity contribution in [2.45, 2.75) is 26.2 Å². The van der Waals surface area contributed by atoms with Crippen LogP contribution in [0.4, 0.5) is 15.8 Å². The van der Waals surface area contributed by atoms with Gasteiger partial charge in [-0.25, -0.2) is 4.39 Å². The SMILES string of the molecule is CCN1C(=O)Cc2cc(N3CC[C@H]4C=CC[C@@H]4C3)c(-c3ccc(F)cc3)cc21. The van der Waals surface area contributed by atoms with Gasteiger partial charge in [-0.1, -0.05) is 24.3 Å². The maximum atomic E-state index is 13.5. The number of fused-ring (bicyclic) bond motifs is 2. The first-order valence-electron chi connectivity index (χ1n) is 10.3. The Morgan fingerprint density at radius 1 is 1.14 bits per heavy atom. The van der Waals surface area contributed by atoms with E-state index < -0.39 is 0 Å². The molecule has 1 amide bonds. The van der Waals surface area contributed by atoms with Crippen LogP contribution in [0.1, 0.15) is 25.3 Å². The van der Waals surface area contributed by atoms with Crippen LogP contribution in [0.3, 0.4) is 0 Å². The highest BCUT2D eigenvalue weighted by molar-refractivity contribution is 6.03. The van der Waals surface area contributed by atoms with Crippen LogP contribution in [0, 0.1) is 17.7 Å². The number of amides is 1. The summed E-state index contributed by atoms with van der Waals surface area (Å²) in [5.41, 5.74) is 5.39. The minimum absolute atomic E-state index is 0.165. The van der Waals surface area contributed by atoms with E-state index in [4.69, 9.17) is 0 Å². The summed E-state index contributed by atoms with van der Waals surface area (Å²) in [6, 6.07) is 11.1. The summed E-state index contributed by atoms with van der Waals surface area (Å²) < 4.78 is 13.5. The number of carbonyl (C=O) groups is 1. The van der Waals surface area contributed by atoms with Crippen molar-refractivity contribution in [3.8, 4) is 11.1 Å². The predicted molar refractivity (Wildman–Crippen MR) is 111 cm³/mol. The van der Waals surface area contributed by atoms with Crippen molar-refractivity contribution >= 4 is 17.3 Å². The second-order valence-electron chi connectivity index (χ2n) is 8.14. The average molecular weight is 376 g/mol. The van der Waals surface area contributed by atoms with Gasteiger partial charge in [0.25, 0.3) is 0 Å². The van der Waals surface area contributed by atoms with E-state index in [1.807, 2.05) is 24.0 Å². The van der Waals surface area contributed by atoms with Crippen molar-refractivity contribution < 1.29 is 9.18 Å².